The van der Waals surface area contributed by atoms with Gasteiger partial charge in [-0.2, -0.15) is 13.5 Å². The van der Waals surface area contributed by atoms with E-state index in [2.05, 4.69) is 9.28 Å². The number of benzene rings is 1. The highest BCUT2D eigenvalue weighted by molar-refractivity contribution is 7.78. The molecule has 0 saturated carbocycles. The highest BCUT2D eigenvalue weighted by Crippen LogP contribution is 2.27. The first-order valence-electron chi connectivity index (χ1n) is 6.40. The third kappa shape index (κ3) is 3.89. The number of rotatable bonds is 5. The third-order valence-corrected chi connectivity index (χ3v) is 4.28. The van der Waals surface area contributed by atoms with Crippen LogP contribution in [0.1, 0.15) is 22.7 Å². The molecule has 0 radical (unpaired) electrons. The lowest BCUT2D eigenvalue weighted by atomic mass is 10.2. The predicted molar refractivity (Wildman–Crippen MR) is 86.5 cm³/mol. The van der Waals surface area contributed by atoms with Crippen LogP contribution in [0.25, 0.3) is 5.69 Å². The first-order chi connectivity index (χ1) is 11.7. The lowest BCUT2D eigenvalue weighted by Gasteiger charge is -2.09. The predicted octanol–water partition coefficient (Wildman–Crippen LogP) is 2.00. The van der Waals surface area contributed by atoms with Crippen LogP contribution in [-0.4, -0.2) is 31.6 Å². The minimum Gasteiger partial charge on any atom is -0.277 e. The van der Waals surface area contributed by atoms with Gasteiger partial charge in [-0.25, -0.2) is 18.3 Å². The number of carbonyl (C=O) groups is 1. The fourth-order valence-electron chi connectivity index (χ4n) is 1.90. The van der Waals surface area contributed by atoms with E-state index in [-0.39, 0.29) is 31.7 Å². The molecule has 1 amide bonds. The van der Waals surface area contributed by atoms with Gasteiger partial charge in [-0.1, -0.05) is 23.2 Å². The SMILES string of the molecule is COS(=O)NC(=O)c1cc(-n2nc(C)n(C(F)F)c2=O)c(Cl)cc1Cl. The van der Waals surface area contributed by atoms with Crippen molar-refractivity contribution in [3.63, 3.8) is 0 Å². The summed E-state index contributed by atoms with van der Waals surface area (Å²) >= 11 is 9.80. The van der Waals surface area contributed by atoms with Crippen molar-refractivity contribution in [3.8, 4) is 5.69 Å². The van der Waals surface area contributed by atoms with Crippen LogP contribution >= 0.6 is 23.2 Å². The monoisotopic (exact) mass is 414 g/mol. The fourth-order valence-corrected chi connectivity index (χ4v) is 2.80. The molecular weight excluding hydrogens is 405 g/mol. The minimum atomic E-state index is -3.10. The largest absolute Gasteiger partial charge is 0.355 e. The molecule has 0 saturated heterocycles. The molecule has 2 aromatic rings. The van der Waals surface area contributed by atoms with Crippen LogP contribution in [-0.2, 0) is 15.4 Å². The zero-order chi connectivity index (χ0) is 18.9. The van der Waals surface area contributed by atoms with Crippen LogP contribution in [0.15, 0.2) is 16.9 Å². The Hall–Kier alpha value is -1.82. The molecule has 1 heterocycles. The van der Waals surface area contributed by atoms with Gasteiger partial charge in [0.1, 0.15) is 5.82 Å². The molecule has 0 spiro atoms. The minimum absolute atomic E-state index is 0.101. The molecule has 0 aliphatic rings. The van der Waals surface area contributed by atoms with E-state index < -0.39 is 29.4 Å². The summed E-state index contributed by atoms with van der Waals surface area (Å²) in [6.45, 7) is -1.89. The summed E-state index contributed by atoms with van der Waals surface area (Å²) in [5.41, 5.74) is -1.50. The third-order valence-electron chi connectivity index (χ3n) is 3.01. The van der Waals surface area contributed by atoms with Crippen molar-refractivity contribution in [2.75, 3.05) is 7.11 Å². The molecular formula is C12H10Cl2F2N4O4S. The van der Waals surface area contributed by atoms with E-state index in [4.69, 9.17) is 23.2 Å². The summed E-state index contributed by atoms with van der Waals surface area (Å²) in [6, 6.07) is 2.20. The molecule has 0 fully saturated rings. The van der Waals surface area contributed by atoms with Crippen LogP contribution < -0.4 is 10.4 Å². The van der Waals surface area contributed by atoms with Crippen LogP contribution in [0, 0.1) is 6.92 Å². The van der Waals surface area contributed by atoms with Crippen LogP contribution in [0.2, 0.25) is 10.0 Å². The number of aromatic nitrogens is 3. The lowest BCUT2D eigenvalue weighted by Crippen LogP contribution is -2.28. The van der Waals surface area contributed by atoms with E-state index in [9.17, 15) is 22.6 Å². The Morgan fingerprint density at radius 2 is 2.00 bits per heavy atom. The van der Waals surface area contributed by atoms with Gasteiger partial charge in [0.15, 0.2) is 0 Å². The molecule has 0 aliphatic carbocycles. The smallest absolute Gasteiger partial charge is 0.277 e. The molecule has 1 aromatic carbocycles. The second-order valence-electron chi connectivity index (χ2n) is 4.51. The number of nitrogens with zero attached hydrogens (tertiary/aromatic N) is 3. The lowest BCUT2D eigenvalue weighted by molar-refractivity contribution is 0.0640. The zero-order valence-electron chi connectivity index (χ0n) is 12.6. The van der Waals surface area contributed by atoms with Gasteiger partial charge < -0.3 is 0 Å². The first-order valence-corrected chi connectivity index (χ1v) is 8.23. The van der Waals surface area contributed by atoms with E-state index in [1.165, 1.54) is 6.92 Å². The fraction of sp³-hybridized carbons (Fsp3) is 0.250. The van der Waals surface area contributed by atoms with Crippen LogP contribution in [0.3, 0.4) is 0 Å². The number of halogens is 4. The molecule has 13 heteroatoms. The van der Waals surface area contributed by atoms with E-state index in [1.807, 2.05) is 4.72 Å². The topological polar surface area (TPSA) is 95.2 Å². The molecule has 1 N–H and O–H groups in total. The van der Waals surface area contributed by atoms with Gasteiger partial charge in [-0.05, 0) is 19.1 Å². The van der Waals surface area contributed by atoms with Gasteiger partial charge in [0.25, 0.3) is 17.2 Å². The van der Waals surface area contributed by atoms with Crippen molar-refractivity contribution in [1.29, 1.82) is 0 Å². The Morgan fingerprint density at radius 3 is 2.52 bits per heavy atom. The maximum absolute atomic E-state index is 12.9. The number of carbonyl (C=O) groups excluding carboxylic acids is 1. The van der Waals surface area contributed by atoms with Crippen molar-refractivity contribution >= 4 is 40.4 Å². The molecule has 136 valence electrons. The normalized spacial score (nSPS) is 12.4. The number of alkyl halides is 2. The summed E-state index contributed by atoms with van der Waals surface area (Å²) in [6.07, 6.45) is 0. The molecule has 2 rings (SSSR count). The summed E-state index contributed by atoms with van der Waals surface area (Å²) in [5, 5.41) is 3.50. The maximum atomic E-state index is 12.9. The number of hydrogen-bond acceptors (Lipinski definition) is 5. The first kappa shape index (κ1) is 19.5. The number of nitrogens with one attached hydrogen (secondary N) is 1. The molecule has 0 bridgehead atoms. The number of amides is 1. The van der Waals surface area contributed by atoms with Crippen LogP contribution in [0.5, 0.6) is 0 Å². The summed E-state index contributed by atoms with van der Waals surface area (Å²) in [4.78, 5) is 24.1. The number of aryl methyl sites for hydroxylation is 1. The van der Waals surface area contributed by atoms with Crippen LogP contribution in [0.4, 0.5) is 8.78 Å². The summed E-state index contributed by atoms with van der Waals surface area (Å²) in [7, 11) is 1.10. The average molecular weight is 415 g/mol. The quantitative estimate of drug-likeness (QED) is 0.806. The van der Waals surface area contributed by atoms with Crippen molar-refractivity contribution in [2.24, 2.45) is 0 Å². The van der Waals surface area contributed by atoms with Gasteiger partial charge in [-0.15, -0.1) is 5.10 Å². The van der Waals surface area contributed by atoms with Crippen molar-refractivity contribution in [1.82, 2.24) is 19.1 Å². The Bertz CT molecular complexity index is 915. The van der Waals surface area contributed by atoms with Gasteiger partial charge in [0, 0.05) is 0 Å². The van der Waals surface area contributed by atoms with Gasteiger partial charge >= 0.3 is 12.2 Å². The summed E-state index contributed by atoms with van der Waals surface area (Å²) in [5.74, 6) is -1.14. The maximum Gasteiger partial charge on any atom is 0.355 e. The Labute approximate surface area is 152 Å². The molecule has 0 aliphatic heterocycles. The van der Waals surface area contributed by atoms with Gasteiger partial charge in [0.2, 0.25) is 0 Å². The molecule has 8 nitrogen and oxygen atoms in total. The van der Waals surface area contributed by atoms with E-state index in [1.54, 1.807) is 0 Å². The second kappa shape index (κ2) is 7.60. The standard InChI is InChI=1S/C12H10Cl2F2N4O4S/c1-5-17-20(12(22)19(5)11(15)16)9-3-6(7(13)4-8(9)14)10(21)18-25(23)24-2/h3-4,11H,1-2H3,(H,18,21). The Kier molecular flexibility index (Phi) is 5.93. The van der Waals surface area contributed by atoms with Crippen molar-refractivity contribution in [2.45, 2.75) is 13.5 Å². The second-order valence-corrected chi connectivity index (χ2v) is 6.33. The van der Waals surface area contributed by atoms with Crippen molar-refractivity contribution in [3.05, 3.63) is 44.1 Å². The van der Waals surface area contributed by atoms with Gasteiger partial charge in [0.05, 0.1) is 28.4 Å². The molecule has 1 atom stereocenters. The van der Waals surface area contributed by atoms with Crippen molar-refractivity contribution < 1.29 is 22.0 Å². The molecule has 25 heavy (non-hydrogen) atoms. The van der Waals surface area contributed by atoms with E-state index in [0.29, 0.717) is 4.68 Å². The molecule has 1 aromatic heterocycles. The van der Waals surface area contributed by atoms with E-state index in [0.717, 1.165) is 19.2 Å². The zero-order valence-corrected chi connectivity index (χ0v) is 15.0. The highest BCUT2D eigenvalue weighted by Gasteiger charge is 2.22. The summed E-state index contributed by atoms with van der Waals surface area (Å²) < 4.78 is 44.2. The highest BCUT2D eigenvalue weighted by atomic mass is 35.5. The molecule has 1 unspecified atom stereocenters. The van der Waals surface area contributed by atoms with Gasteiger partial charge in [-0.3, -0.25) is 8.98 Å². The Morgan fingerprint density at radius 1 is 1.36 bits per heavy atom. The van der Waals surface area contributed by atoms with E-state index >= 15 is 0 Å². The Balaban J connectivity index is 2.59. The number of hydrogen-bond donors (Lipinski definition) is 1. The average Bonchev–Trinajstić information content (AvgIpc) is 2.81.